The number of carbonyl (C=O) groups is 2. The fraction of sp³-hybridized carbons (Fsp3) is 0.333. The van der Waals surface area contributed by atoms with E-state index in [4.69, 9.17) is 16.3 Å². The van der Waals surface area contributed by atoms with Crippen LogP contribution in [0.1, 0.15) is 19.8 Å². The minimum Gasteiger partial charge on any atom is -0.479 e. The van der Waals surface area contributed by atoms with Crippen molar-refractivity contribution < 1.29 is 22.7 Å². The Bertz CT molecular complexity index is 1110. The van der Waals surface area contributed by atoms with E-state index in [1.165, 1.54) is 16.4 Å². The molecule has 2 aliphatic heterocycles. The summed E-state index contributed by atoms with van der Waals surface area (Å²) in [6.45, 7) is 2.09. The van der Waals surface area contributed by atoms with Crippen LogP contribution in [-0.4, -0.2) is 43.7 Å². The SMILES string of the molecule is C[C@@H]1Oc2ccc(S(=O)(=O)N3CCC(C(=O)Nc4ccc(Cl)cc4)CC3)cc2NC1=O. The maximum atomic E-state index is 13.1. The zero-order valence-corrected chi connectivity index (χ0v) is 18.4. The number of fused-ring (bicyclic) bond motifs is 1. The van der Waals surface area contributed by atoms with Crippen molar-refractivity contribution in [2.45, 2.75) is 30.8 Å². The van der Waals surface area contributed by atoms with Crippen molar-refractivity contribution in [3.63, 3.8) is 0 Å². The number of nitrogens with zero attached hydrogens (tertiary/aromatic N) is 1. The molecule has 0 spiro atoms. The molecule has 8 nitrogen and oxygen atoms in total. The predicted octanol–water partition coefficient (Wildman–Crippen LogP) is 3.10. The number of ether oxygens (including phenoxy) is 1. The molecule has 0 aliphatic carbocycles. The number of nitrogens with one attached hydrogen (secondary N) is 2. The largest absolute Gasteiger partial charge is 0.479 e. The molecule has 0 radical (unpaired) electrons. The van der Waals surface area contributed by atoms with E-state index in [1.54, 1.807) is 37.3 Å². The van der Waals surface area contributed by atoms with E-state index in [-0.39, 0.29) is 35.7 Å². The lowest BCUT2D eigenvalue weighted by molar-refractivity contribution is -0.123. The van der Waals surface area contributed by atoms with Gasteiger partial charge in [-0.1, -0.05) is 11.6 Å². The summed E-state index contributed by atoms with van der Waals surface area (Å²) in [7, 11) is -3.76. The lowest BCUT2D eigenvalue weighted by atomic mass is 9.97. The van der Waals surface area contributed by atoms with Crippen LogP contribution in [0, 0.1) is 5.92 Å². The topological polar surface area (TPSA) is 105 Å². The monoisotopic (exact) mass is 463 g/mol. The summed E-state index contributed by atoms with van der Waals surface area (Å²) in [4.78, 5) is 24.4. The van der Waals surface area contributed by atoms with Gasteiger partial charge in [0.25, 0.3) is 5.91 Å². The van der Waals surface area contributed by atoms with E-state index in [0.29, 0.717) is 35.0 Å². The molecular formula is C21H22ClN3O5S. The number of piperidine rings is 1. The molecule has 1 atom stereocenters. The summed E-state index contributed by atoms with van der Waals surface area (Å²) in [5, 5.41) is 6.09. The molecule has 2 aromatic rings. The van der Waals surface area contributed by atoms with Gasteiger partial charge < -0.3 is 15.4 Å². The van der Waals surface area contributed by atoms with E-state index in [9.17, 15) is 18.0 Å². The van der Waals surface area contributed by atoms with E-state index >= 15 is 0 Å². The first-order valence-corrected chi connectivity index (χ1v) is 11.7. The molecule has 2 aromatic carbocycles. The minimum absolute atomic E-state index is 0.0776. The van der Waals surface area contributed by atoms with Crippen LogP contribution in [-0.2, 0) is 19.6 Å². The third-order valence-corrected chi connectivity index (χ3v) is 7.60. The number of anilines is 2. The van der Waals surface area contributed by atoms with Gasteiger partial charge in [0.2, 0.25) is 15.9 Å². The minimum atomic E-state index is -3.76. The summed E-state index contributed by atoms with van der Waals surface area (Å²) in [5.74, 6) is -0.305. The Hall–Kier alpha value is -2.62. The van der Waals surface area contributed by atoms with Gasteiger partial charge in [0.05, 0.1) is 10.6 Å². The van der Waals surface area contributed by atoms with Crippen molar-refractivity contribution in [2.24, 2.45) is 5.92 Å². The first-order valence-electron chi connectivity index (χ1n) is 9.92. The van der Waals surface area contributed by atoms with Gasteiger partial charge in [-0.25, -0.2) is 8.42 Å². The number of sulfonamides is 1. The standard InChI is InChI=1S/C21H22ClN3O5S/c1-13-20(26)24-18-12-17(6-7-19(18)30-13)31(28,29)25-10-8-14(9-11-25)21(27)23-16-4-2-15(22)3-5-16/h2-7,12-14H,8-11H2,1H3,(H,23,27)(H,24,26)/t13-/m0/s1. The van der Waals surface area contributed by atoms with Gasteiger partial charge in [0, 0.05) is 29.7 Å². The molecule has 10 heteroatoms. The lowest BCUT2D eigenvalue weighted by Crippen LogP contribution is -2.41. The highest BCUT2D eigenvalue weighted by molar-refractivity contribution is 7.89. The average molecular weight is 464 g/mol. The molecule has 2 aliphatic rings. The Morgan fingerprint density at radius 2 is 1.84 bits per heavy atom. The molecular weight excluding hydrogens is 442 g/mol. The van der Waals surface area contributed by atoms with Gasteiger partial charge in [-0.15, -0.1) is 0 Å². The van der Waals surface area contributed by atoms with Crippen molar-refractivity contribution in [1.29, 1.82) is 0 Å². The molecule has 1 saturated heterocycles. The van der Waals surface area contributed by atoms with Crippen LogP contribution in [0.25, 0.3) is 0 Å². The second kappa shape index (κ2) is 8.49. The number of halogens is 1. The van der Waals surface area contributed by atoms with Crippen molar-refractivity contribution in [3.8, 4) is 5.75 Å². The third kappa shape index (κ3) is 4.53. The van der Waals surface area contributed by atoms with Crippen molar-refractivity contribution in [3.05, 3.63) is 47.5 Å². The highest BCUT2D eigenvalue weighted by Gasteiger charge is 2.33. The predicted molar refractivity (Wildman–Crippen MR) is 117 cm³/mol. The molecule has 0 bridgehead atoms. The third-order valence-electron chi connectivity index (χ3n) is 5.46. The van der Waals surface area contributed by atoms with Gasteiger partial charge >= 0.3 is 0 Å². The molecule has 0 saturated carbocycles. The number of benzene rings is 2. The molecule has 2 N–H and O–H groups in total. The van der Waals surface area contributed by atoms with Crippen LogP contribution >= 0.6 is 11.6 Å². The Kier molecular flexibility index (Phi) is 5.92. The van der Waals surface area contributed by atoms with E-state index < -0.39 is 16.1 Å². The Morgan fingerprint density at radius 1 is 1.16 bits per heavy atom. The molecule has 2 amide bonds. The summed E-state index contributed by atoms with van der Waals surface area (Å²) >= 11 is 5.86. The summed E-state index contributed by atoms with van der Waals surface area (Å²) < 4.78 is 33.0. The summed E-state index contributed by atoms with van der Waals surface area (Å²) in [6.07, 6.45) is 0.204. The van der Waals surface area contributed by atoms with Crippen molar-refractivity contribution in [1.82, 2.24) is 4.31 Å². The van der Waals surface area contributed by atoms with Crippen LogP contribution in [0.4, 0.5) is 11.4 Å². The summed E-state index contributed by atoms with van der Waals surface area (Å²) in [6, 6.07) is 11.3. The lowest BCUT2D eigenvalue weighted by Gasteiger charge is -2.31. The Balaban J connectivity index is 1.41. The van der Waals surface area contributed by atoms with Gasteiger partial charge in [0.15, 0.2) is 6.10 Å². The van der Waals surface area contributed by atoms with Gasteiger partial charge in [-0.05, 0) is 62.2 Å². The fourth-order valence-electron chi connectivity index (χ4n) is 3.63. The number of carbonyl (C=O) groups excluding carboxylic acids is 2. The van der Waals surface area contributed by atoms with E-state index in [1.807, 2.05) is 0 Å². The maximum Gasteiger partial charge on any atom is 0.265 e. The van der Waals surface area contributed by atoms with Crippen LogP contribution in [0.5, 0.6) is 5.75 Å². The second-order valence-corrected chi connectivity index (χ2v) is 9.96. The van der Waals surface area contributed by atoms with Gasteiger partial charge in [0.1, 0.15) is 5.75 Å². The van der Waals surface area contributed by atoms with Crippen LogP contribution in [0.2, 0.25) is 5.02 Å². The zero-order chi connectivity index (χ0) is 22.2. The highest BCUT2D eigenvalue weighted by Crippen LogP contribution is 2.33. The fourth-order valence-corrected chi connectivity index (χ4v) is 5.26. The average Bonchev–Trinajstić information content (AvgIpc) is 2.76. The second-order valence-electron chi connectivity index (χ2n) is 7.58. The first-order chi connectivity index (χ1) is 14.7. The van der Waals surface area contributed by atoms with Crippen LogP contribution < -0.4 is 15.4 Å². The van der Waals surface area contributed by atoms with E-state index in [2.05, 4.69) is 10.6 Å². The number of hydrogen-bond acceptors (Lipinski definition) is 5. The van der Waals surface area contributed by atoms with Gasteiger partial charge in [-0.3, -0.25) is 9.59 Å². The molecule has 31 heavy (non-hydrogen) atoms. The normalized spacial score (nSPS) is 19.8. The van der Waals surface area contributed by atoms with Gasteiger partial charge in [-0.2, -0.15) is 4.31 Å². The molecule has 164 valence electrons. The number of rotatable bonds is 4. The molecule has 1 fully saturated rings. The molecule has 0 unspecified atom stereocenters. The van der Waals surface area contributed by atoms with E-state index in [0.717, 1.165) is 0 Å². The Labute approximate surface area is 185 Å². The smallest absolute Gasteiger partial charge is 0.265 e. The number of hydrogen-bond donors (Lipinski definition) is 2. The number of amides is 2. The molecule has 0 aromatic heterocycles. The molecule has 4 rings (SSSR count). The quantitative estimate of drug-likeness (QED) is 0.724. The maximum absolute atomic E-state index is 13.1. The molecule has 2 heterocycles. The first kappa shape index (κ1) is 21.6. The van der Waals surface area contributed by atoms with Crippen LogP contribution in [0.15, 0.2) is 47.4 Å². The Morgan fingerprint density at radius 3 is 2.52 bits per heavy atom. The van der Waals surface area contributed by atoms with Crippen LogP contribution in [0.3, 0.4) is 0 Å². The highest BCUT2D eigenvalue weighted by atomic mass is 35.5. The zero-order valence-electron chi connectivity index (χ0n) is 16.8. The van der Waals surface area contributed by atoms with Crippen molar-refractivity contribution >= 4 is 44.8 Å². The van der Waals surface area contributed by atoms with Crippen molar-refractivity contribution in [2.75, 3.05) is 23.7 Å². The summed E-state index contributed by atoms with van der Waals surface area (Å²) in [5.41, 5.74) is 0.985.